The van der Waals surface area contributed by atoms with E-state index in [-0.39, 0.29) is 16.3 Å². The number of hydrogen-bond acceptors (Lipinski definition) is 6. The lowest BCUT2D eigenvalue weighted by Crippen LogP contribution is -2.30. The van der Waals surface area contributed by atoms with Gasteiger partial charge in [0.15, 0.2) is 0 Å². The summed E-state index contributed by atoms with van der Waals surface area (Å²) in [5.74, 6) is -1.27. The number of carboxylic acid groups (broad SMARTS) is 1. The Labute approximate surface area is 131 Å². The lowest BCUT2D eigenvalue weighted by atomic mass is 10.3. The molecule has 0 unspecified atom stereocenters. The molecule has 2 rings (SSSR count). The van der Waals surface area contributed by atoms with Crippen LogP contribution < -0.4 is 4.72 Å². The summed E-state index contributed by atoms with van der Waals surface area (Å²) in [7, 11) is -3.87. The van der Waals surface area contributed by atoms with Crippen molar-refractivity contribution in [1.29, 1.82) is 0 Å². The number of rotatable bonds is 7. The molecule has 1 fully saturated rings. The molecule has 1 aliphatic heterocycles. The molecule has 0 radical (unpaired) electrons. The normalized spacial score (nSPS) is 15.1. The third kappa shape index (κ3) is 3.76. The second-order valence-electron chi connectivity index (χ2n) is 4.72. The van der Waals surface area contributed by atoms with Crippen molar-refractivity contribution in [1.82, 2.24) is 9.62 Å². The van der Waals surface area contributed by atoms with E-state index in [9.17, 15) is 18.0 Å². The van der Waals surface area contributed by atoms with E-state index in [1.54, 1.807) is 6.92 Å². The lowest BCUT2D eigenvalue weighted by molar-refractivity contribution is 0.0693. The maximum atomic E-state index is 12.2. The van der Waals surface area contributed by atoms with Crippen LogP contribution in [0.1, 0.15) is 21.7 Å². The maximum absolute atomic E-state index is 12.2. The Kier molecular flexibility index (Phi) is 5.04. The molecule has 22 heavy (non-hydrogen) atoms. The van der Waals surface area contributed by atoms with Crippen molar-refractivity contribution in [3.63, 3.8) is 0 Å². The Bertz CT molecular complexity index is 682. The fourth-order valence-electron chi connectivity index (χ4n) is 2.01. The van der Waals surface area contributed by atoms with Gasteiger partial charge in [-0.2, -0.15) is 0 Å². The average Bonchev–Trinajstić information content (AvgIpc) is 3.01. The van der Waals surface area contributed by atoms with Gasteiger partial charge < -0.3 is 14.7 Å². The van der Waals surface area contributed by atoms with Gasteiger partial charge in [0.05, 0.1) is 12.1 Å². The number of aromatic carboxylic acids is 1. The molecular weight excluding hydrogens is 332 g/mol. The van der Waals surface area contributed by atoms with Crippen molar-refractivity contribution in [2.45, 2.75) is 17.6 Å². The van der Waals surface area contributed by atoms with Gasteiger partial charge in [0.2, 0.25) is 0 Å². The smallest absolute Gasteiger partial charge is 0.409 e. The van der Waals surface area contributed by atoms with Crippen molar-refractivity contribution < 1.29 is 27.9 Å². The van der Waals surface area contributed by atoms with Gasteiger partial charge in [-0.15, -0.1) is 11.3 Å². The van der Waals surface area contributed by atoms with E-state index in [0.717, 1.165) is 11.3 Å². The zero-order valence-corrected chi connectivity index (χ0v) is 13.5. The summed E-state index contributed by atoms with van der Waals surface area (Å²) in [5, 5.41) is 9.04. The van der Waals surface area contributed by atoms with Crippen LogP contribution in [0.4, 0.5) is 4.79 Å². The number of carbonyl (C=O) groups is 2. The van der Waals surface area contributed by atoms with Gasteiger partial charge >= 0.3 is 12.1 Å². The van der Waals surface area contributed by atoms with Crippen molar-refractivity contribution in [2.75, 3.05) is 26.2 Å². The molecule has 1 saturated heterocycles. The number of ether oxygens (including phenoxy) is 1. The van der Waals surface area contributed by atoms with E-state index in [4.69, 9.17) is 9.84 Å². The van der Waals surface area contributed by atoms with Crippen molar-refractivity contribution in [3.05, 3.63) is 16.5 Å². The molecule has 0 spiro atoms. The van der Waals surface area contributed by atoms with Crippen LogP contribution in [0.25, 0.3) is 0 Å². The summed E-state index contributed by atoms with van der Waals surface area (Å²) in [6.07, 6.45) is 0.0195. The van der Waals surface area contributed by atoms with E-state index < -0.39 is 22.1 Å². The first-order chi connectivity index (χ1) is 10.3. The number of sulfonamides is 1. The van der Waals surface area contributed by atoms with Crippen LogP contribution in [0.2, 0.25) is 0 Å². The maximum Gasteiger partial charge on any atom is 0.409 e. The average molecular weight is 348 g/mol. The van der Waals surface area contributed by atoms with Gasteiger partial charge in [0.1, 0.15) is 10.8 Å². The number of nitrogens with zero attached hydrogens (tertiary/aromatic N) is 1. The molecule has 0 aliphatic carbocycles. The first kappa shape index (κ1) is 16.7. The highest BCUT2D eigenvalue weighted by molar-refractivity contribution is 7.91. The van der Waals surface area contributed by atoms with Gasteiger partial charge in [-0.25, -0.2) is 22.7 Å². The molecule has 0 saturated carbocycles. The minimum Gasteiger partial charge on any atom is -0.478 e. The highest BCUT2D eigenvalue weighted by Gasteiger charge is 2.25. The minimum absolute atomic E-state index is 0.113. The molecule has 10 heteroatoms. The zero-order chi connectivity index (χ0) is 16.3. The number of hydrogen-bond donors (Lipinski definition) is 2. The molecule has 1 aromatic heterocycles. The van der Waals surface area contributed by atoms with Crippen LogP contribution >= 0.6 is 11.3 Å². The second kappa shape index (κ2) is 6.63. The molecule has 8 nitrogen and oxygen atoms in total. The monoisotopic (exact) mass is 348 g/mol. The summed E-state index contributed by atoms with van der Waals surface area (Å²) in [5.41, 5.74) is -0.224. The van der Waals surface area contributed by atoms with Crippen LogP contribution in [-0.2, 0) is 14.8 Å². The SMILES string of the molecule is Cc1cc(C(=O)O)c(S(=O)(=O)NCCCN2CCOC2=O)s1. The first-order valence-corrected chi connectivity index (χ1v) is 8.86. The summed E-state index contributed by atoms with van der Waals surface area (Å²) < 4.78 is 31.3. The van der Waals surface area contributed by atoms with Gasteiger partial charge in [-0.1, -0.05) is 0 Å². The highest BCUT2D eigenvalue weighted by Crippen LogP contribution is 2.26. The number of aryl methyl sites for hydroxylation is 1. The number of cyclic esters (lactones) is 1. The van der Waals surface area contributed by atoms with Crippen LogP contribution in [-0.4, -0.2) is 56.7 Å². The van der Waals surface area contributed by atoms with Crippen LogP contribution in [0.3, 0.4) is 0 Å². The third-order valence-electron chi connectivity index (χ3n) is 3.04. The molecule has 122 valence electrons. The summed E-state index contributed by atoms with van der Waals surface area (Å²) in [6.45, 7) is 2.99. The summed E-state index contributed by atoms with van der Waals surface area (Å²) in [4.78, 5) is 24.4. The summed E-state index contributed by atoms with van der Waals surface area (Å²) >= 11 is 0.918. The molecule has 0 bridgehead atoms. The number of amides is 1. The number of carbonyl (C=O) groups excluding carboxylic acids is 1. The van der Waals surface area contributed by atoms with Crippen LogP contribution in [0, 0.1) is 6.92 Å². The van der Waals surface area contributed by atoms with E-state index in [1.807, 2.05) is 0 Å². The highest BCUT2D eigenvalue weighted by atomic mass is 32.2. The van der Waals surface area contributed by atoms with E-state index in [2.05, 4.69) is 4.72 Å². The topological polar surface area (TPSA) is 113 Å². The van der Waals surface area contributed by atoms with Crippen LogP contribution in [0.15, 0.2) is 10.3 Å². The number of carboxylic acids is 1. The quantitative estimate of drug-likeness (QED) is 0.707. The Morgan fingerprint density at radius 1 is 1.55 bits per heavy atom. The largest absolute Gasteiger partial charge is 0.478 e. The van der Waals surface area contributed by atoms with Crippen molar-refractivity contribution in [2.24, 2.45) is 0 Å². The Balaban J connectivity index is 1.94. The molecule has 2 N–H and O–H groups in total. The first-order valence-electron chi connectivity index (χ1n) is 6.56. The van der Waals surface area contributed by atoms with Gasteiger partial charge in [-0.3, -0.25) is 0 Å². The Morgan fingerprint density at radius 3 is 2.86 bits per heavy atom. The molecule has 1 amide bonds. The van der Waals surface area contributed by atoms with E-state index >= 15 is 0 Å². The fraction of sp³-hybridized carbons (Fsp3) is 0.500. The van der Waals surface area contributed by atoms with Crippen molar-refractivity contribution >= 4 is 33.4 Å². The molecule has 2 heterocycles. The predicted octanol–water partition coefficient (Wildman–Crippen LogP) is 0.875. The fourth-order valence-corrected chi connectivity index (χ4v) is 4.73. The Morgan fingerprint density at radius 2 is 2.27 bits per heavy atom. The van der Waals surface area contributed by atoms with Crippen LogP contribution in [0.5, 0.6) is 0 Å². The molecule has 1 aromatic rings. The van der Waals surface area contributed by atoms with Gasteiger partial charge in [0.25, 0.3) is 10.0 Å². The van der Waals surface area contributed by atoms with Crippen molar-refractivity contribution in [3.8, 4) is 0 Å². The van der Waals surface area contributed by atoms with Gasteiger partial charge in [-0.05, 0) is 19.4 Å². The van der Waals surface area contributed by atoms with Gasteiger partial charge in [0, 0.05) is 18.0 Å². The second-order valence-corrected chi connectivity index (χ2v) is 7.93. The van der Waals surface area contributed by atoms with E-state index in [0.29, 0.717) is 31.0 Å². The molecule has 0 atom stereocenters. The summed E-state index contributed by atoms with van der Waals surface area (Å²) in [6, 6.07) is 1.34. The number of nitrogens with one attached hydrogen (secondary N) is 1. The molecule has 0 aromatic carbocycles. The van der Waals surface area contributed by atoms with E-state index in [1.165, 1.54) is 11.0 Å². The zero-order valence-electron chi connectivity index (χ0n) is 11.9. The molecule has 1 aliphatic rings. The Hall–Kier alpha value is -1.65. The minimum atomic E-state index is -3.87. The molecular formula is C12H16N2O6S2. The standard InChI is InChI=1S/C12H16N2O6S2/c1-8-7-9(10(15)16)11(21-8)22(18,19)13-3-2-4-14-5-6-20-12(14)17/h7,13H,2-6H2,1H3,(H,15,16). The number of thiophene rings is 1. The predicted molar refractivity (Wildman–Crippen MR) is 78.7 cm³/mol. The third-order valence-corrected chi connectivity index (χ3v) is 6.08. The lowest BCUT2D eigenvalue weighted by Gasteiger charge is -2.12.